The number of fused-ring (bicyclic) bond motifs is 1. The smallest absolute Gasteiger partial charge is 0.201 e. The molecule has 0 radical (unpaired) electrons. The highest BCUT2D eigenvalue weighted by Crippen LogP contribution is 2.42. The second-order valence-corrected chi connectivity index (χ2v) is 9.06. The number of thioether (sulfide) groups is 1. The molecule has 0 bridgehead atoms. The van der Waals surface area contributed by atoms with Crippen molar-refractivity contribution in [3.05, 3.63) is 65.7 Å². The predicted molar refractivity (Wildman–Crippen MR) is 123 cm³/mol. The summed E-state index contributed by atoms with van der Waals surface area (Å²) in [5.41, 5.74) is 3.17. The summed E-state index contributed by atoms with van der Waals surface area (Å²) in [6, 6.07) is 12.3. The number of rotatable bonds is 6. The molecule has 144 valence electrons. The number of anilines is 1. The second kappa shape index (κ2) is 8.98. The van der Waals surface area contributed by atoms with Crippen molar-refractivity contribution in [2.45, 2.75) is 38.9 Å². The van der Waals surface area contributed by atoms with Crippen LogP contribution in [0.1, 0.15) is 33.3 Å². The van der Waals surface area contributed by atoms with E-state index in [0.29, 0.717) is 5.03 Å². The van der Waals surface area contributed by atoms with Crippen LogP contribution in [-0.2, 0) is 6.42 Å². The summed E-state index contributed by atoms with van der Waals surface area (Å²) in [5.74, 6) is 0. The highest BCUT2D eigenvalue weighted by molar-refractivity contribution is 8.10. The summed E-state index contributed by atoms with van der Waals surface area (Å²) in [4.78, 5) is 5.97. The van der Waals surface area contributed by atoms with E-state index >= 15 is 0 Å². The Morgan fingerprint density at radius 3 is 2.30 bits per heavy atom. The fourth-order valence-corrected chi connectivity index (χ4v) is 4.23. The van der Waals surface area contributed by atoms with Gasteiger partial charge in [0.15, 0.2) is 0 Å². The summed E-state index contributed by atoms with van der Waals surface area (Å²) < 4.78 is 13.5. The van der Waals surface area contributed by atoms with Gasteiger partial charge in [-0.05, 0) is 44.2 Å². The normalized spacial score (nSPS) is 12.3. The highest BCUT2D eigenvalue weighted by Gasteiger charge is 2.27. The number of benzene rings is 2. The van der Waals surface area contributed by atoms with Gasteiger partial charge in [-0.1, -0.05) is 67.7 Å². The number of halogens is 1. The summed E-state index contributed by atoms with van der Waals surface area (Å²) in [5, 5.41) is 3.20. The average Bonchev–Trinajstić information content (AvgIpc) is 2.64. The van der Waals surface area contributed by atoms with Crippen molar-refractivity contribution in [3.63, 3.8) is 0 Å². The molecule has 0 saturated heterocycles. The number of amidine groups is 1. The molecule has 0 aliphatic rings. The molecule has 0 aliphatic carbocycles. The zero-order valence-corrected chi connectivity index (χ0v) is 18.3. The third kappa shape index (κ3) is 4.58. The van der Waals surface area contributed by atoms with Crippen LogP contribution in [0.15, 0.2) is 65.2 Å². The molecule has 0 aliphatic heterocycles. The minimum absolute atomic E-state index is 0.133. The molecule has 0 saturated carbocycles. The van der Waals surface area contributed by atoms with Gasteiger partial charge in [-0.3, -0.25) is 9.89 Å². The molecule has 0 atom stereocenters. The van der Waals surface area contributed by atoms with Crippen LogP contribution < -0.4 is 4.90 Å². The van der Waals surface area contributed by atoms with E-state index in [1.54, 1.807) is 18.8 Å². The van der Waals surface area contributed by atoms with Crippen LogP contribution in [0.2, 0.25) is 0 Å². The molecular weight excluding hydrogens is 375 g/mol. The Morgan fingerprint density at radius 1 is 1.15 bits per heavy atom. The van der Waals surface area contributed by atoms with Crippen molar-refractivity contribution in [1.82, 2.24) is 0 Å². The van der Waals surface area contributed by atoms with Crippen LogP contribution in [-0.4, -0.2) is 17.0 Å². The van der Waals surface area contributed by atoms with Gasteiger partial charge in [0.2, 0.25) is 5.17 Å². The topological polar surface area (TPSA) is 15.6 Å². The lowest BCUT2D eigenvalue weighted by Crippen LogP contribution is -2.29. The molecule has 0 N–H and O–H groups in total. The summed E-state index contributed by atoms with van der Waals surface area (Å²) >= 11 is 1.70. The molecule has 0 spiro atoms. The third-order valence-electron chi connectivity index (χ3n) is 4.71. The fraction of sp³-hybridized carbons (Fsp3) is 0.318. The maximum Gasteiger partial charge on any atom is 0.201 e. The van der Waals surface area contributed by atoms with Crippen LogP contribution in [0, 0.1) is 0 Å². The molecule has 5 heteroatoms. The molecule has 0 amide bonds. The van der Waals surface area contributed by atoms with Gasteiger partial charge in [-0.15, -0.1) is 0 Å². The Balaban J connectivity index is 2.65. The molecule has 0 aromatic heterocycles. The van der Waals surface area contributed by atoms with Gasteiger partial charge >= 0.3 is 0 Å². The SMILES string of the molecule is C=C(SC(C)(C)C(=C)C)N(C(=NC)SF)c1ccc(CC)c2ccccc12. The number of nitrogens with zero attached hydrogens (tertiary/aromatic N) is 2. The van der Waals surface area contributed by atoms with Gasteiger partial charge in [0.25, 0.3) is 0 Å². The lowest BCUT2D eigenvalue weighted by Gasteiger charge is -2.32. The van der Waals surface area contributed by atoms with Crippen LogP contribution in [0.3, 0.4) is 0 Å². The molecule has 0 unspecified atom stereocenters. The molecule has 0 heterocycles. The summed E-state index contributed by atoms with van der Waals surface area (Å²) in [6.45, 7) is 16.6. The Bertz CT molecular complexity index is 887. The van der Waals surface area contributed by atoms with Crippen molar-refractivity contribution < 1.29 is 3.89 Å². The van der Waals surface area contributed by atoms with Crippen LogP contribution >= 0.6 is 23.9 Å². The molecule has 27 heavy (non-hydrogen) atoms. The zero-order valence-electron chi connectivity index (χ0n) is 16.7. The van der Waals surface area contributed by atoms with E-state index in [9.17, 15) is 3.89 Å². The van der Waals surface area contributed by atoms with Crippen molar-refractivity contribution >= 4 is 45.5 Å². The lowest BCUT2D eigenvalue weighted by molar-refractivity contribution is 0.839. The fourth-order valence-electron chi connectivity index (χ4n) is 2.79. The molecule has 2 aromatic rings. The quantitative estimate of drug-likeness (QED) is 0.285. The predicted octanol–water partition coefficient (Wildman–Crippen LogP) is 7.37. The first-order valence-electron chi connectivity index (χ1n) is 8.86. The number of hydrogen-bond acceptors (Lipinski definition) is 3. The van der Waals surface area contributed by atoms with Gasteiger partial charge in [0, 0.05) is 17.2 Å². The number of aliphatic imine (C=N–C) groups is 1. The van der Waals surface area contributed by atoms with Crippen LogP contribution in [0.5, 0.6) is 0 Å². The van der Waals surface area contributed by atoms with Crippen molar-refractivity contribution in [3.8, 4) is 0 Å². The van der Waals surface area contributed by atoms with Crippen molar-refractivity contribution in [1.29, 1.82) is 0 Å². The van der Waals surface area contributed by atoms with Gasteiger partial charge in [-0.2, -0.15) is 3.89 Å². The molecule has 2 nitrogen and oxygen atoms in total. The van der Waals surface area contributed by atoms with E-state index in [0.717, 1.165) is 23.1 Å². The van der Waals surface area contributed by atoms with Crippen LogP contribution in [0.4, 0.5) is 9.57 Å². The second-order valence-electron chi connectivity index (χ2n) is 6.85. The summed E-state index contributed by atoms with van der Waals surface area (Å²) in [6.07, 6.45) is 0.936. The Hall–Kier alpha value is -1.72. The maximum absolute atomic E-state index is 13.8. The minimum atomic E-state index is -0.228. The first kappa shape index (κ1) is 21.6. The van der Waals surface area contributed by atoms with Crippen molar-refractivity contribution in [2.24, 2.45) is 4.99 Å². The van der Waals surface area contributed by atoms with E-state index in [1.165, 1.54) is 10.9 Å². The Labute approximate surface area is 170 Å². The van der Waals surface area contributed by atoms with Gasteiger partial charge in [0.1, 0.15) is 12.1 Å². The highest BCUT2D eigenvalue weighted by atomic mass is 32.2. The van der Waals surface area contributed by atoms with Gasteiger partial charge < -0.3 is 0 Å². The molecule has 2 aromatic carbocycles. The van der Waals surface area contributed by atoms with E-state index in [1.807, 2.05) is 30.0 Å². The van der Waals surface area contributed by atoms with E-state index < -0.39 is 0 Å². The van der Waals surface area contributed by atoms with Crippen molar-refractivity contribution in [2.75, 3.05) is 11.9 Å². The maximum atomic E-state index is 13.8. The monoisotopic (exact) mass is 402 g/mol. The molecule has 2 rings (SSSR count). The van der Waals surface area contributed by atoms with Crippen LogP contribution in [0.25, 0.3) is 10.8 Å². The lowest BCUT2D eigenvalue weighted by atomic mass is 10.0. The van der Waals surface area contributed by atoms with Gasteiger partial charge in [-0.25, -0.2) is 0 Å². The standard InChI is InChI=1S/C22H27FN2S2/c1-8-17-13-14-20(19-12-10-9-11-18(17)19)25(21(24-7)27-23)16(4)26-22(5,6)15(2)3/h9-14H,2,4,8H2,1,3,5-7H3. The average molecular weight is 403 g/mol. The third-order valence-corrected chi connectivity index (χ3v) is 6.50. The minimum Gasteiger partial charge on any atom is -0.282 e. The first-order valence-corrected chi connectivity index (χ1v) is 10.4. The summed E-state index contributed by atoms with van der Waals surface area (Å²) in [7, 11) is 1.60. The zero-order chi connectivity index (χ0) is 20.2. The number of hydrogen-bond donors (Lipinski definition) is 0. The van der Waals surface area contributed by atoms with Gasteiger partial charge in [0.05, 0.1) is 10.7 Å². The van der Waals surface area contributed by atoms with E-state index in [4.69, 9.17) is 0 Å². The molecule has 0 fully saturated rings. The van der Waals surface area contributed by atoms with E-state index in [2.05, 4.69) is 57.1 Å². The number of aryl methyl sites for hydroxylation is 1. The molecular formula is C22H27FN2S2. The Morgan fingerprint density at radius 2 is 1.78 bits per heavy atom. The largest absolute Gasteiger partial charge is 0.282 e. The van der Waals surface area contributed by atoms with E-state index in [-0.39, 0.29) is 22.1 Å². The first-order chi connectivity index (χ1) is 12.8. The Kier molecular flexibility index (Phi) is 7.18.